The zero-order chi connectivity index (χ0) is 22.1. The van der Waals surface area contributed by atoms with Crippen LogP contribution >= 0.6 is 11.8 Å². The zero-order valence-electron chi connectivity index (χ0n) is 17.3. The summed E-state index contributed by atoms with van der Waals surface area (Å²) in [6, 6.07) is 13.9. The van der Waals surface area contributed by atoms with Gasteiger partial charge in [0.25, 0.3) is 5.56 Å². The van der Waals surface area contributed by atoms with Crippen molar-refractivity contribution in [3.8, 4) is 0 Å². The third kappa shape index (κ3) is 4.25. The highest BCUT2D eigenvalue weighted by molar-refractivity contribution is 7.98. The lowest BCUT2D eigenvalue weighted by Crippen LogP contribution is -2.25. The van der Waals surface area contributed by atoms with Crippen LogP contribution in [0.2, 0.25) is 0 Å². The number of thioether (sulfide) groups is 1. The number of para-hydroxylation sites is 1. The van der Waals surface area contributed by atoms with Crippen molar-refractivity contribution in [2.75, 3.05) is 5.32 Å². The van der Waals surface area contributed by atoms with Crippen molar-refractivity contribution in [3.05, 3.63) is 74.9 Å². The lowest BCUT2D eigenvalue weighted by molar-refractivity contribution is -0.114. The van der Waals surface area contributed by atoms with Gasteiger partial charge in [-0.1, -0.05) is 23.9 Å². The second-order valence-electron chi connectivity index (χ2n) is 7.45. The topological polar surface area (TPSA) is 94.2 Å². The fourth-order valence-electron chi connectivity index (χ4n) is 3.46. The highest BCUT2D eigenvalue weighted by Crippen LogP contribution is 2.28. The van der Waals surface area contributed by atoms with Gasteiger partial charge in [0.15, 0.2) is 5.16 Å². The molecule has 0 unspecified atom stereocenters. The first-order valence-corrected chi connectivity index (χ1v) is 10.8. The molecule has 2 aromatic heterocycles. The quantitative estimate of drug-likeness (QED) is 0.285. The SMILES string of the molecule is CC(=O)Nc1ccc2c(CSc3nc4ccccc4c(=O)n3C(C)C)cc(=O)oc2c1. The monoisotopic (exact) mass is 435 g/mol. The molecule has 1 amide bonds. The van der Waals surface area contributed by atoms with E-state index in [1.54, 1.807) is 22.8 Å². The molecule has 0 atom stereocenters. The summed E-state index contributed by atoms with van der Waals surface area (Å²) in [5.41, 5.74) is 1.80. The number of aromatic nitrogens is 2. The van der Waals surface area contributed by atoms with E-state index >= 15 is 0 Å². The van der Waals surface area contributed by atoms with Crippen molar-refractivity contribution in [1.29, 1.82) is 0 Å². The Balaban J connectivity index is 1.75. The molecule has 7 nitrogen and oxygen atoms in total. The zero-order valence-corrected chi connectivity index (χ0v) is 18.2. The Hall–Kier alpha value is -3.39. The number of benzene rings is 2. The number of hydrogen-bond donors (Lipinski definition) is 1. The van der Waals surface area contributed by atoms with Gasteiger partial charge >= 0.3 is 5.63 Å². The number of carbonyl (C=O) groups is 1. The van der Waals surface area contributed by atoms with Crippen molar-refractivity contribution in [3.63, 3.8) is 0 Å². The number of amides is 1. The minimum absolute atomic E-state index is 0.0649. The summed E-state index contributed by atoms with van der Waals surface area (Å²) in [6.45, 7) is 5.30. The molecule has 31 heavy (non-hydrogen) atoms. The van der Waals surface area contributed by atoms with Gasteiger partial charge in [0.05, 0.1) is 10.9 Å². The van der Waals surface area contributed by atoms with E-state index in [2.05, 4.69) is 5.32 Å². The molecule has 0 spiro atoms. The minimum Gasteiger partial charge on any atom is -0.423 e. The largest absolute Gasteiger partial charge is 0.423 e. The Kier molecular flexibility index (Phi) is 5.65. The maximum Gasteiger partial charge on any atom is 0.336 e. The molecule has 0 radical (unpaired) electrons. The molecule has 2 aromatic carbocycles. The Labute approximate surface area is 182 Å². The standard InChI is InChI=1S/C23H21N3O4S/c1-13(2)26-22(29)18-6-4-5-7-19(18)25-23(26)31-12-15-10-21(28)30-20-11-16(24-14(3)27)8-9-17(15)20/h4-11,13H,12H2,1-3H3,(H,24,27). The van der Waals surface area contributed by atoms with Crippen molar-refractivity contribution in [1.82, 2.24) is 9.55 Å². The van der Waals surface area contributed by atoms with E-state index in [1.165, 1.54) is 24.8 Å². The molecule has 0 saturated carbocycles. The number of nitrogens with zero attached hydrogens (tertiary/aromatic N) is 2. The molecule has 0 aliphatic heterocycles. The highest BCUT2D eigenvalue weighted by atomic mass is 32.2. The second kappa shape index (κ2) is 8.39. The summed E-state index contributed by atoms with van der Waals surface area (Å²) in [7, 11) is 0. The van der Waals surface area contributed by atoms with Crippen LogP contribution in [-0.4, -0.2) is 15.5 Å². The van der Waals surface area contributed by atoms with Crippen LogP contribution in [-0.2, 0) is 10.5 Å². The average molecular weight is 436 g/mol. The van der Waals surface area contributed by atoms with Crippen LogP contribution in [0.25, 0.3) is 21.9 Å². The van der Waals surface area contributed by atoms with Gasteiger partial charge in [0.2, 0.25) is 5.91 Å². The maximum atomic E-state index is 13.0. The third-order valence-electron chi connectivity index (χ3n) is 4.80. The van der Waals surface area contributed by atoms with E-state index in [0.717, 1.165) is 10.9 Å². The molecule has 8 heteroatoms. The molecule has 158 valence electrons. The normalized spacial score (nSPS) is 11.4. The van der Waals surface area contributed by atoms with Gasteiger partial charge in [0.1, 0.15) is 5.58 Å². The third-order valence-corrected chi connectivity index (χ3v) is 5.80. The van der Waals surface area contributed by atoms with Crippen molar-refractivity contribution in [2.45, 2.75) is 37.7 Å². The summed E-state index contributed by atoms with van der Waals surface area (Å²) in [6.07, 6.45) is 0. The Morgan fingerprint density at radius 2 is 1.90 bits per heavy atom. The number of nitrogens with one attached hydrogen (secondary N) is 1. The molecule has 4 rings (SSSR count). The van der Waals surface area contributed by atoms with Crippen LogP contribution in [0.3, 0.4) is 0 Å². The number of hydrogen-bond acceptors (Lipinski definition) is 6. The molecule has 0 aliphatic carbocycles. The summed E-state index contributed by atoms with van der Waals surface area (Å²) in [5.74, 6) is 0.224. The Morgan fingerprint density at radius 1 is 1.13 bits per heavy atom. The van der Waals surface area contributed by atoms with Crippen LogP contribution in [0.1, 0.15) is 32.4 Å². The minimum atomic E-state index is -0.476. The Morgan fingerprint density at radius 3 is 2.65 bits per heavy atom. The first-order valence-electron chi connectivity index (χ1n) is 9.82. The number of fused-ring (bicyclic) bond motifs is 2. The van der Waals surface area contributed by atoms with Crippen LogP contribution in [0.5, 0.6) is 0 Å². The summed E-state index contributed by atoms with van der Waals surface area (Å²) in [4.78, 5) is 41.1. The van der Waals surface area contributed by atoms with Crippen LogP contribution in [0.4, 0.5) is 5.69 Å². The van der Waals surface area contributed by atoms with Gasteiger partial charge in [-0.25, -0.2) is 9.78 Å². The summed E-state index contributed by atoms with van der Waals surface area (Å²) in [5, 5.41) is 4.62. The van der Waals surface area contributed by atoms with E-state index in [4.69, 9.17) is 9.40 Å². The van der Waals surface area contributed by atoms with Gasteiger partial charge < -0.3 is 9.73 Å². The van der Waals surface area contributed by atoms with E-state index in [9.17, 15) is 14.4 Å². The van der Waals surface area contributed by atoms with Crippen LogP contribution in [0, 0.1) is 0 Å². The van der Waals surface area contributed by atoms with E-state index < -0.39 is 5.63 Å². The maximum absolute atomic E-state index is 13.0. The number of anilines is 1. The number of rotatable bonds is 5. The van der Waals surface area contributed by atoms with E-state index in [-0.39, 0.29) is 17.5 Å². The molecule has 1 N–H and O–H groups in total. The van der Waals surface area contributed by atoms with Gasteiger partial charge in [-0.2, -0.15) is 0 Å². The Bertz CT molecular complexity index is 1420. The molecule has 4 aromatic rings. The lowest BCUT2D eigenvalue weighted by Gasteiger charge is -2.16. The van der Waals surface area contributed by atoms with Gasteiger partial charge in [-0.15, -0.1) is 0 Å². The summed E-state index contributed by atoms with van der Waals surface area (Å²) >= 11 is 1.40. The van der Waals surface area contributed by atoms with Crippen molar-refractivity contribution < 1.29 is 9.21 Å². The number of carbonyl (C=O) groups excluding carboxylic acids is 1. The molecule has 0 aliphatic rings. The van der Waals surface area contributed by atoms with E-state index in [0.29, 0.717) is 33.1 Å². The van der Waals surface area contributed by atoms with Crippen LogP contribution < -0.4 is 16.5 Å². The van der Waals surface area contributed by atoms with Gasteiger partial charge in [-0.3, -0.25) is 14.2 Å². The van der Waals surface area contributed by atoms with Gasteiger partial charge in [-0.05, 0) is 43.7 Å². The molecule has 0 bridgehead atoms. The fraction of sp³-hybridized carbons (Fsp3) is 0.217. The highest BCUT2D eigenvalue weighted by Gasteiger charge is 2.15. The fourth-order valence-corrected chi connectivity index (χ4v) is 4.57. The molecule has 0 fully saturated rings. The van der Waals surface area contributed by atoms with Crippen LogP contribution in [0.15, 0.2) is 67.7 Å². The first-order chi connectivity index (χ1) is 14.8. The van der Waals surface area contributed by atoms with Crippen molar-refractivity contribution in [2.24, 2.45) is 0 Å². The molecular formula is C23H21N3O4S. The summed E-state index contributed by atoms with van der Waals surface area (Å²) < 4.78 is 7.00. The van der Waals surface area contributed by atoms with Gasteiger partial charge in [0, 0.05) is 41.9 Å². The average Bonchev–Trinajstić information content (AvgIpc) is 2.71. The van der Waals surface area contributed by atoms with Crippen molar-refractivity contribution >= 4 is 45.2 Å². The smallest absolute Gasteiger partial charge is 0.336 e. The first kappa shape index (κ1) is 20.9. The predicted molar refractivity (Wildman–Crippen MR) is 123 cm³/mol. The lowest BCUT2D eigenvalue weighted by atomic mass is 10.1. The molecular weight excluding hydrogens is 414 g/mol. The predicted octanol–water partition coefficient (Wildman–Crippen LogP) is 4.33. The van der Waals surface area contributed by atoms with E-state index in [1.807, 2.05) is 38.1 Å². The molecule has 0 saturated heterocycles. The second-order valence-corrected chi connectivity index (χ2v) is 8.39. The molecule has 2 heterocycles.